The minimum atomic E-state index is -4.51. The van der Waals surface area contributed by atoms with Crippen LogP contribution in [0.1, 0.15) is 11.1 Å². The average molecular weight is 789 g/mol. The van der Waals surface area contributed by atoms with Gasteiger partial charge in [0.25, 0.3) is 20.0 Å². The van der Waals surface area contributed by atoms with Gasteiger partial charge in [-0.25, -0.2) is 29.6 Å². The van der Waals surface area contributed by atoms with Crippen LogP contribution in [-0.2, 0) is 29.9 Å². The van der Waals surface area contributed by atoms with Crippen LogP contribution in [0.5, 0.6) is 5.75 Å². The number of aromatic amines is 2. The maximum absolute atomic E-state index is 14.0. The number of rotatable bonds is 9. The number of sulfonamides is 2. The van der Waals surface area contributed by atoms with Crippen molar-refractivity contribution in [1.82, 2.24) is 9.97 Å². The van der Waals surface area contributed by atoms with Gasteiger partial charge in [-0.3, -0.25) is 9.44 Å². The molecule has 0 spiro atoms. The predicted octanol–water partition coefficient (Wildman–Crippen LogP) is 6.16. The quantitative estimate of drug-likeness (QED) is 0.123. The molecule has 0 bridgehead atoms. The molecule has 4 aromatic carbocycles. The average Bonchev–Trinajstić information content (AvgIpc) is 3.73. The SMILES string of the molecule is CS(=O)(=O)c1ccc2c(S(=O)(=O)Nc3ccc(C#N)cc3)c[nH]c2c1.N#Cc1ccc(NS(=O)(=O)c2c[nH]c3cc(OCC(F)(F)F)ccc23)c(F)c1. The number of H-pyrrole nitrogens is 2. The van der Waals surface area contributed by atoms with Gasteiger partial charge in [0.2, 0.25) is 0 Å². The number of benzene rings is 4. The van der Waals surface area contributed by atoms with Crippen LogP contribution in [0.2, 0.25) is 0 Å². The van der Waals surface area contributed by atoms with Gasteiger partial charge in [0, 0.05) is 46.7 Å². The van der Waals surface area contributed by atoms with Gasteiger partial charge in [-0.1, -0.05) is 6.07 Å². The summed E-state index contributed by atoms with van der Waals surface area (Å²) in [6, 6.07) is 20.8. The van der Waals surface area contributed by atoms with E-state index in [0.717, 1.165) is 24.6 Å². The monoisotopic (exact) mass is 788 g/mol. The van der Waals surface area contributed by atoms with Crippen molar-refractivity contribution in [1.29, 1.82) is 10.5 Å². The van der Waals surface area contributed by atoms with E-state index >= 15 is 0 Å². The van der Waals surface area contributed by atoms with Crippen molar-refractivity contribution in [2.45, 2.75) is 20.9 Å². The van der Waals surface area contributed by atoms with Gasteiger partial charge in [-0.2, -0.15) is 23.7 Å². The molecule has 2 aromatic heterocycles. The number of hydrogen-bond donors (Lipinski definition) is 4. The van der Waals surface area contributed by atoms with E-state index in [2.05, 4.69) is 24.1 Å². The van der Waals surface area contributed by atoms with Gasteiger partial charge >= 0.3 is 6.18 Å². The van der Waals surface area contributed by atoms with Gasteiger partial charge < -0.3 is 14.7 Å². The van der Waals surface area contributed by atoms with Gasteiger partial charge in [-0.15, -0.1) is 0 Å². The van der Waals surface area contributed by atoms with Gasteiger partial charge in [0.1, 0.15) is 21.4 Å². The second-order valence-electron chi connectivity index (χ2n) is 11.1. The Hall–Kier alpha value is -6.09. The highest BCUT2D eigenvalue weighted by Gasteiger charge is 2.29. The molecule has 0 aliphatic heterocycles. The standard InChI is InChI=1S/C17H11F4N3O3S.C16H13N3O4S2/c18-13-5-10(7-22)1-4-14(13)24-28(25,26)16-8-23-15-6-11(2-3-12(15)16)27-9-17(19,20)21;1-24(20,21)13-6-7-14-15(8-13)18-10-16(14)25(22,23)19-12-4-2-11(9-17)3-5-12/h1-6,8,23-24H,9H2;2-8,10,18-19H,1H3. The Kier molecular flexibility index (Phi) is 10.4. The Bertz CT molecular complexity index is 2770. The van der Waals surface area contributed by atoms with E-state index in [1.54, 1.807) is 6.07 Å². The lowest BCUT2D eigenvalue weighted by molar-refractivity contribution is -0.153. The Balaban J connectivity index is 0.000000206. The van der Waals surface area contributed by atoms with E-state index in [9.17, 15) is 42.8 Å². The highest BCUT2D eigenvalue weighted by molar-refractivity contribution is 7.93. The van der Waals surface area contributed by atoms with Gasteiger partial charge in [-0.05, 0) is 66.7 Å². The number of nitrogens with zero attached hydrogens (tertiary/aromatic N) is 2. The van der Waals surface area contributed by atoms with Crippen LogP contribution in [0.15, 0.2) is 106 Å². The molecule has 0 fully saturated rings. The number of nitrogens with one attached hydrogen (secondary N) is 4. The third kappa shape index (κ3) is 9.05. The molecule has 4 N–H and O–H groups in total. The maximum atomic E-state index is 14.0. The number of fused-ring (bicyclic) bond motifs is 2. The van der Waals surface area contributed by atoms with Crippen molar-refractivity contribution < 1.29 is 47.6 Å². The lowest BCUT2D eigenvalue weighted by atomic mass is 10.2. The summed E-state index contributed by atoms with van der Waals surface area (Å²) in [4.78, 5) is 5.30. The smallest absolute Gasteiger partial charge is 0.422 e. The number of sulfone groups is 1. The molecule has 0 unspecified atom stereocenters. The molecule has 0 amide bonds. The van der Waals surface area contributed by atoms with Crippen molar-refractivity contribution in [2.24, 2.45) is 0 Å². The van der Waals surface area contributed by atoms with Crippen LogP contribution in [0.25, 0.3) is 21.8 Å². The molecule has 0 aliphatic carbocycles. The van der Waals surface area contributed by atoms with E-state index < -0.39 is 48.5 Å². The first kappa shape index (κ1) is 38.1. The summed E-state index contributed by atoms with van der Waals surface area (Å²) in [5.41, 5.74) is 1.05. The Morgan fingerprint density at radius 2 is 1.26 bits per heavy atom. The van der Waals surface area contributed by atoms with Crippen molar-refractivity contribution in [3.8, 4) is 17.9 Å². The number of aromatic nitrogens is 2. The Labute approximate surface area is 299 Å². The zero-order valence-electron chi connectivity index (χ0n) is 26.9. The van der Waals surface area contributed by atoms with Crippen molar-refractivity contribution in [2.75, 3.05) is 22.3 Å². The van der Waals surface area contributed by atoms with Crippen LogP contribution in [0, 0.1) is 28.5 Å². The molecule has 6 rings (SSSR count). The Morgan fingerprint density at radius 1 is 0.717 bits per heavy atom. The third-order valence-corrected chi connectivity index (χ3v) is 11.2. The van der Waals surface area contributed by atoms with Gasteiger partial charge in [0.05, 0.1) is 39.4 Å². The Morgan fingerprint density at radius 3 is 1.81 bits per heavy atom. The molecule has 0 radical (unpaired) electrons. The first-order valence-electron chi connectivity index (χ1n) is 14.7. The summed E-state index contributed by atoms with van der Waals surface area (Å²) in [5, 5.41) is 18.1. The summed E-state index contributed by atoms with van der Waals surface area (Å²) in [6.45, 7) is -1.48. The highest BCUT2D eigenvalue weighted by atomic mass is 32.2. The van der Waals surface area contributed by atoms with Gasteiger partial charge in [0.15, 0.2) is 16.4 Å². The summed E-state index contributed by atoms with van der Waals surface area (Å²) in [6.07, 6.45) is -0.986. The first-order valence-corrected chi connectivity index (χ1v) is 19.5. The number of halogens is 4. The fourth-order valence-corrected chi connectivity index (χ4v) is 7.91. The van der Waals surface area contributed by atoms with E-state index in [-0.39, 0.29) is 42.6 Å². The van der Waals surface area contributed by atoms with E-state index in [4.69, 9.17) is 10.5 Å². The van der Waals surface area contributed by atoms with Crippen molar-refractivity contribution >= 4 is 63.1 Å². The van der Waals surface area contributed by atoms with Crippen LogP contribution in [0.3, 0.4) is 0 Å². The molecule has 13 nitrogen and oxygen atoms in total. The lowest BCUT2D eigenvalue weighted by Crippen LogP contribution is -2.19. The highest BCUT2D eigenvalue weighted by Crippen LogP contribution is 2.30. The number of anilines is 2. The number of hydrogen-bond acceptors (Lipinski definition) is 9. The lowest BCUT2D eigenvalue weighted by Gasteiger charge is -2.10. The molecular formula is C33H24F4N6O7S3. The topological polar surface area (TPSA) is 215 Å². The molecule has 20 heteroatoms. The summed E-state index contributed by atoms with van der Waals surface area (Å²) < 4.78 is 133. The zero-order valence-corrected chi connectivity index (χ0v) is 29.3. The van der Waals surface area contributed by atoms with E-state index in [1.807, 2.05) is 6.07 Å². The summed E-state index contributed by atoms with van der Waals surface area (Å²) >= 11 is 0. The number of alkyl halides is 3. The molecule has 53 heavy (non-hydrogen) atoms. The summed E-state index contributed by atoms with van der Waals surface area (Å²) in [5.74, 6) is -1.02. The fraction of sp³-hybridized carbons (Fsp3) is 0.0909. The molecule has 0 atom stereocenters. The van der Waals surface area contributed by atoms with Crippen molar-refractivity contribution in [3.63, 3.8) is 0 Å². The van der Waals surface area contributed by atoms with Crippen molar-refractivity contribution in [3.05, 3.63) is 108 Å². The van der Waals surface area contributed by atoms with E-state index in [1.165, 1.54) is 72.9 Å². The first-order chi connectivity index (χ1) is 24.8. The zero-order chi connectivity index (χ0) is 38.8. The van der Waals surface area contributed by atoms with Crippen LogP contribution >= 0.6 is 0 Å². The minimum Gasteiger partial charge on any atom is -0.484 e. The second kappa shape index (κ2) is 14.5. The molecule has 0 saturated carbocycles. The fourth-order valence-electron chi connectivity index (χ4n) is 4.78. The molecular weight excluding hydrogens is 765 g/mol. The van der Waals surface area contributed by atoms with E-state index in [0.29, 0.717) is 22.2 Å². The van der Waals surface area contributed by atoms with Crippen LogP contribution < -0.4 is 14.2 Å². The molecule has 6 aromatic rings. The molecule has 0 saturated heterocycles. The molecule has 2 heterocycles. The minimum absolute atomic E-state index is 0.00640. The van der Waals surface area contributed by atoms with Crippen LogP contribution in [-0.4, -0.2) is 54.3 Å². The largest absolute Gasteiger partial charge is 0.484 e. The number of ether oxygens (including phenoxy) is 1. The predicted molar refractivity (Wildman–Crippen MR) is 185 cm³/mol. The molecule has 274 valence electrons. The second-order valence-corrected chi connectivity index (χ2v) is 16.4. The third-order valence-electron chi connectivity index (χ3n) is 7.25. The number of nitriles is 2. The molecule has 0 aliphatic rings. The van der Waals surface area contributed by atoms with Crippen LogP contribution in [0.4, 0.5) is 28.9 Å². The summed E-state index contributed by atoms with van der Waals surface area (Å²) in [7, 11) is -11.5. The maximum Gasteiger partial charge on any atom is 0.422 e. The normalized spacial score (nSPS) is 12.0.